The van der Waals surface area contributed by atoms with Crippen LogP contribution >= 0.6 is 0 Å². The van der Waals surface area contributed by atoms with Crippen LogP contribution < -0.4 is 0 Å². The Morgan fingerprint density at radius 1 is 0.667 bits per heavy atom. The topological polar surface area (TPSA) is 0 Å². The molecule has 0 heterocycles. The van der Waals surface area contributed by atoms with Crippen LogP contribution in [0.15, 0.2) is 0 Å². The van der Waals surface area contributed by atoms with Gasteiger partial charge in [0.05, 0.1) is 0 Å². The molecule has 0 aliphatic rings. The van der Waals surface area contributed by atoms with Gasteiger partial charge in [0.15, 0.2) is 0 Å². The first-order valence-corrected chi connectivity index (χ1v) is 3.91. The molecule has 0 nitrogen and oxygen atoms in total. The van der Waals surface area contributed by atoms with Crippen molar-refractivity contribution >= 4 is 0 Å². The molecular weight excluding hydrogens is 160 g/mol. The predicted octanol–water partition coefficient (Wildman–Crippen LogP) is 3.36. The predicted molar refractivity (Wildman–Crippen MR) is 39.0 cm³/mol. The maximum atomic E-state index is 2.26. The molecule has 9 heavy (non-hydrogen) atoms. The Bertz CT molecular complexity index is 29.5. The third kappa shape index (κ3) is 11.9. The van der Waals surface area contributed by atoms with Crippen molar-refractivity contribution < 1.29 is 17.1 Å². The van der Waals surface area contributed by atoms with Crippen molar-refractivity contribution in [1.82, 2.24) is 0 Å². The van der Waals surface area contributed by atoms with E-state index in [0.717, 1.165) is 0 Å². The van der Waals surface area contributed by atoms with Crippen molar-refractivity contribution in [2.45, 2.75) is 52.4 Å². The Morgan fingerprint density at radius 2 is 1.00 bits per heavy atom. The van der Waals surface area contributed by atoms with Crippen LogP contribution in [0.3, 0.4) is 0 Å². The third-order valence-electron chi connectivity index (χ3n) is 1.46. The summed E-state index contributed by atoms with van der Waals surface area (Å²) in [5, 5.41) is 0. The molecule has 0 spiro atoms. The first-order chi connectivity index (χ1) is 3.91. The Labute approximate surface area is 69.9 Å². The summed E-state index contributed by atoms with van der Waals surface area (Å²) in [7, 11) is 0. The molecule has 0 N–H and O–H groups in total. The molecule has 0 rings (SSSR count). The molecule has 1 heteroatoms. The molecule has 61 valence electrons. The minimum absolute atomic E-state index is 0. The largest absolute Gasteiger partial charge is 0.0654 e. The first-order valence-electron chi connectivity index (χ1n) is 3.91. The quantitative estimate of drug-likeness (QED) is 0.447. The Balaban J connectivity index is 0. The summed E-state index contributed by atoms with van der Waals surface area (Å²) in [6.45, 7) is 4.51. The van der Waals surface area contributed by atoms with E-state index in [4.69, 9.17) is 0 Å². The van der Waals surface area contributed by atoms with Gasteiger partial charge in [0.2, 0.25) is 0 Å². The van der Waals surface area contributed by atoms with Crippen molar-refractivity contribution in [3.63, 3.8) is 0 Å². The summed E-state index contributed by atoms with van der Waals surface area (Å²) >= 11 is 0. The van der Waals surface area contributed by atoms with E-state index < -0.39 is 0 Å². The first kappa shape index (κ1) is 12.2. The molecule has 0 amide bonds. The average Bonchev–Trinajstić information content (AvgIpc) is 1.81. The monoisotopic (exact) mass is 177 g/mol. The van der Waals surface area contributed by atoms with E-state index in [-0.39, 0.29) is 17.1 Å². The van der Waals surface area contributed by atoms with Gasteiger partial charge in [-0.3, -0.25) is 0 Å². The molecule has 1 radical (unpaired) electrons. The molecule has 0 aliphatic carbocycles. The molecule has 0 aromatic rings. The Kier molecular flexibility index (Phi) is 15.4. The van der Waals surface area contributed by atoms with Gasteiger partial charge in [0.25, 0.3) is 0 Å². The summed E-state index contributed by atoms with van der Waals surface area (Å²) in [5.74, 6) is 0. The SMILES string of the molecule is CCCCCCCC.[Cu]. The van der Waals surface area contributed by atoms with Crippen LogP contribution in [0, 0.1) is 0 Å². The van der Waals surface area contributed by atoms with Gasteiger partial charge in [-0.1, -0.05) is 52.4 Å². The standard InChI is InChI=1S/C8H18.Cu/c1-3-5-7-8-6-4-2;/h3-8H2,1-2H3;. The van der Waals surface area contributed by atoms with E-state index in [0.29, 0.717) is 0 Å². The fraction of sp³-hybridized carbons (Fsp3) is 1.00. The Morgan fingerprint density at radius 3 is 1.22 bits per heavy atom. The van der Waals surface area contributed by atoms with Gasteiger partial charge in [0.1, 0.15) is 0 Å². The number of hydrogen-bond donors (Lipinski definition) is 0. The second-order valence-corrected chi connectivity index (χ2v) is 2.41. The van der Waals surface area contributed by atoms with Crippen LogP contribution in [-0.2, 0) is 17.1 Å². The zero-order valence-electron chi connectivity index (χ0n) is 6.54. The van der Waals surface area contributed by atoms with Gasteiger partial charge in [0, 0.05) is 17.1 Å². The molecular formula is C8H18Cu. The second-order valence-electron chi connectivity index (χ2n) is 2.41. The van der Waals surface area contributed by atoms with Crippen LogP contribution in [0.1, 0.15) is 52.4 Å². The minimum Gasteiger partial charge on any atom is -0.0654 e. The van der Waals surface area contributed by atoms with Crippen LogP contribution in [0.25, 0.3) is 0 Å². The van der Waals surface area contributed by atoms with Gasteiger partial charge < -0.3 is 0 Å². The third-order valence-corrected chi connectivity index (χ3v) is 1.46. The number of unbranched alkanes of at least 4 members (excludes halogenated alkanes) is 5. The summed E-state index contributed by atoms with van der Waals surface area (Å²) in [6.07, 6.45) is 8.49. The van der Waals surface area contributed by atoms with E-state index in [9.17, 15) is 0 Å². The molecule has 0 saturated carbocycles. The van der Waals surface area contributed by atoms with Crippen molar-refractivity contribution in [2.75, 3.05) is 0 Å². The van der Waals surface area contributed by atoms with Crippen molar-refractivity contribution in [3.05, 3.63) is 0 Å². The van der Waals surface area contributed by atoms with Gasteiger partial charge >= 0.3 is 0 Å². The molecule has 0 aliphatic heterocycles. The van der Waals surface area contributed by atoms with E-state index in [2.05, 4.69) is 13.8 Å². The van der Waals surface area contributed by atoms with E-state index in [1.165, 1.54) is 38.5 Å². The Hall–Kier alpha value is 0.519. The molecule has 0 aromatic heterocycles. The summed E-state index contributed by atoms with van der Waals surface area (Å²) in [6, 6.07) is 0. The molecule has 0 bridgehead atoms. The summed E-state index contributed by atoms with van der Waals surface area (Å²) in [5.41, 5.74) is 0. The molecule has 0 atom stereocenters. The molecule has 0 fully saturated rings. The maximum Gasteiger partial charge on any atom is 0 e. The average molecular weight is 178 g/mol. The van der Waals surface area contributed by atoms with Crippen molar-refractivity contribution in [3.8, 4) is 0 Å². The number of rotatable bonds is 5. The van der Waals surface area contributed by atoms with Crippen molar-refractivity contribution in [1.29, 1.82) is 0 Å². The van der Waals surface area contributed by atoms with Gasteiger partial charge in [-0.05, 0) is 0 Å². The van der Waals surface area contributed by atoms with Crippen LogP contribution in [0.5, 0.6) is 0 Å². The van der Waals surface area contributed by atoms with Gasteiger partial charge in [-0.15, -0.1) is 0 Å². The molecule has 0 unspecified atom stereocenters. The van der Waals surface area contributed by atoms with E-state index in [1.54, 1.807) is 0 Å². The minimum atomic E-state index is 0. The number of hydrogen-bond acceptors (Lipinski definition) is 0. The van der Waals surface area contributed by atoms with Crippen LogP contribution in [0.4, 0.5) is 0 Å². The van der Waals surface area contributed by atoms with E-state index >= 15 is 0 Å². The van der Waals surface area contributed by atoms with E-state index in [1.807, 2.05) is 0 Å². The normalized spacial score (nSPS) is 8.67. The zero-order chi connectivity index (χ0) is 6.24. The van der Waals surface area contributed by atoms with Gasteiger partial charge in [-0.2, -0.15) is 0 Å². The maximum absolute atomic E-state index is 2.26. The fourth-order valence-electron chi connectivity index (χ4n) is 0.854. The summed E-state index contributed by atoms with van der Waals surface area (Å²) in [4.78, 5) is 0. The van der Waals surface area contributed by atoms with Crippen LogP contribution in [0.2, 0.25) is 0 Å². The smallest absolute Gasteiger partial charge is 0 e. The second kappa shape index (κ2) is 11.3. The van der Waals surface area contributed by atoms with Crippen molar-refractivity contribution in [2.24, 2.45) is 0 Å². The molecule has 0 aromatic carbocycles. The van der Waals surface area contributed by atoms with Crippen LogP contribution in [-0.4, -0.2) is 0 Å². The summed E-state index contributed by atoms with van der Waals surface area (Å²) < 4.78 is 0. The fourth-order valence-corrected chi connectivity index (χ4v) is 0.854. The molecule has 0 saturated heterocycles. The van der Waals surface area contributed by atoms with Gasteiger partial charge in [-0.25, -0.2) is 0 Å². The zero-order valence-corrected chi connectivity index (χ0v) is 7.49.